The van der Waals surface area contributed by atoms with E-state index in [0.717, 1.165) is 23.3 Å². The third-order valence-corrected chi connectivity index (χ3v) is 4.69. The Hall–Kier alpha value is -3.39. The summed E-state index contributed by atoms with van der Waals surface area (Å²) in [4.78, 5) is 14.9. The van der Waals surface area contributed by atoms with Crippen molar-refractivity contribution in [1.82, 2.24) is 19.7 Å². The van der Waals surface area contributed by atoms with Gasteiger partial charge in [0.2, 0.25) is 5.89 Å². The van der Waals surface area contributed by atoms with Crippen molar-refractivity contribution in [1.29, 1.82) is 0 Å². The highest BCUT2D eigenvalue weighted by Crippen LogP contribution is 2.29. The number of nitrogens with zero attached hydrogens (tertiary/aromatic N) is 4. The van der Waals surface area contributed by atoms with Gasteiger partial charge in [0.05, 0.1) is 5.75 Å². The van der Waals surface area contributed by atoms with Gasteiger partial charge >= 0.3 is 5.97 Å². The predicted octanol–water partition coefficient (Wildman–Crippen LogP) is 3.91. The van der Waals surface area contributed by atoms with Gasteiger partial charge in [-0.25, -0.2) is 9.78 Å². The minimum absolute atomic E-state index is 0.111. The van der Waals surface area contributed by atoms with Gasteiger partial charge in [0.25, 0.3) is 0 Å². The number of carboxylic acid groups (broad SMARTS) is 1. The van der Waals surface area contributed by atoms with Crippen LogP contribution in [0.2, 0.25) is 0 Å². The predicted molar refractivity (Wildman–Crippen MR) is 99.8 cm³/mol. The fourth-order valence-corrected chi connectivity index (χ4v) is 3.35. The monoisotopic (exact) mass is 378 g/mol. The fourth-order valence-electron chi connectivity index (χ4n) is 2.55. The second-order valence-electron chi connectivity index (χ2n) is 5.56. The van der Waals surface area contributed by atoms with Gasteiger partial charge in [0.1, 0.15) is 6.26 Å². The molecule has 4 rings (SSSR count). The first-order valence-corrected chi connectivity index (χ1v) is 9.07. The Morgan fingerprint density at radius 3 is 2.41 bits per heavy atom. The van der Waals surface area contributed by atoms with E-state index >= 15 is 0 Å². The van der Waals surface area contributed by atoms with Crippen LogP contribution in [0.4, 0.5) is 0 Å². The van der Waals surface area contributed by atoms with Crippen LogP contribution in [0.5, 0.6) is 0 Å². The topological polar surface area (TPSA) is 94.0 Å². The molecule has 0 saturated heterocycles. The van der Waals surface area contributed by atoms with E-state index in [1.807, 2.05) is 65.2 Å². The maximum atomic E-state index is 10.9. The van der Waals surface area contributed by atoms with Crippen LogP contribution < -0.4 is 0 Å². The van der Waals surface area contributed by atoms with Gasteiger partial charge in [-0.3, -0.25) is 4.57 Å². The number of para-hydroxylation sites is 1. The number of rotatable bonds is 6. The zero-order chi connectivity index (χ0) is 18.6. The summed E-state index contributed by atoms with van der Waals surface area (Å²) in [6, 6.07) is 19.6. The van der Waals surface area contributed by atoms with Crippen molar-refractivity contribution < 1.29 is 14.3 Å². The number of oxazole rings is 1. The SMILES string of the molecule is O=C(O)c1coc(CSc2nnc(-c3ccccc3)n2-c2ccccc2)n1. The minimum atomic E-state index is -1.12. The van der Waals surface area contributed by atoms with Crippen LogP contribution in [-0.4, -0.2) is 30.8 Å². The van der Waals surface area contributed by atoms with Crippen molar-refractivity contribution in [3.8, 4) is 17.1 Å². The molecule has 27 heavy (non-hydrogen) atoms. The molecule has 0 spiro atoms. The van der Waals surface area contributed by atoms with Crippen molar-refractivity contribution in [2.45, 2.75) is 10.9 Å². The summed E-state index contributed by atoms with van der Waals surface area (Å²) < 4.78 is 7.17. The Morgan fingerprint density at radius 2 is 1.74 bits per heavy atom. The summed E-state index contributed by atoms with van der Waals surface area (Å²) in [6.07, 6.45) is 1.13. The zero-order valence-corrected chi connectivity index (χ0v) is 14.8. The first-order chi connectivity index (χ1) is 13.2. The van der Waals surface area contributed by atoms with Crippen molar-refractivity contribution in [3.63, 3.8) is 0 Å². The van der Waals surface area contributed by atoms with Crippen LogP contribution in [-0.2, 0) is 5.75 Å². The first-order valence-electron chi connectivity index (χ1n) is 8.09. The fraction of sp³-hybridized carbons (Fsp3) is 0.0526. The highest BCUT2D eigenvalue weighted by molar-refractivity contribution is 7.98. The van der Waals surface area contributed by atoms with Gasteiger partial charge in [-0.1, -0.05) is 60.3 Å². The quantitative estimate of drug-likeness (QED) is 0.508. The standard InChI is InChI=1S/C19H14N4O3S/c24-18(25)15-11-26-16(20-15)12-27-19-22-21-17(13-7-3-1-4-8-13)23(19)14-9-5-2-6-10-14/h1-11H,12H2,(H,24,25). The maximum Gasteiger partial charge on any atom is 0.357 e. The molecule has 7 nitrogen and oxygen atoms in total. The molecule has 2 aromatic carbocycles. The smallest absolute Gasteiger partial charge is 0.357 e. The number of carbonyl (C=O) groups is 1. The van der Waals surface area contributed by atoms with Gasteiger partial charge in [-0.05, 0) is 12.1 Å². The third kappa shape index (κ3) is 3.61. The number of aromatic carboxylic acids is 1. The maximum absolute atomic E-state index is 10.9. The first kappa shape index (κ1) is 17.0. The number of aromatic nitrogens is 4. The molecule has 1 N–H and O–H groups in total. The lowest BCUT2D eigenvalue weighted by molar-refractivity contribution is 0.0690. The van der Waals surface area contributed by atoms with Crippen LogP contribution in [0.1, 0.15) is 16.4 Å². The normalized spacial score (nSPS) is 10.8. The van der Waals surface area contributed by atoms with Gasteiger partial charge in [-0.2, -0.15) is 0 Å². The summed E-state index contributed by atoms with van der Waals surface area (Å²) in [5, 5.41) is 18.3. The highest BCUT2D eigenvalue weighted by Gasteiger charge is 2.17. The van der Waals surface area contributed by atoms with Crippen molar-refractivity contribution in [3.05, 3.63) is 78.5 Å². The number of hydrogen-bond donors (Lipinski definition) is 1. The zero-order valence-electron chi connectivity index (χ0n) is 14.0. The molecular formula is C19H14N4O3S. The third-order valence-electron chi connectivity index (χ3n) is 3.78. The molecular weight excluding hydrogens is 364 g/mol. The highest BCUT2D eigenvalue weighted by atomic mass is 32.2. The number of hydrogen-bond acceptors (Lipinski definition) is 6. The average molecular weight is 378 g/mol. The van der Waals surface area contributed by atoms with Crippen LogP contribution in [0, 0.1) is 0 Å². The van der Waals surface area contributed by atoms with E-state index in [0.29, 0.717) is 16.8 Å². The molecule has 2 aromatic heterocycles. The van der Waals surface area contributed by atoms with Crippen molar-refractivity contribution >= 4 is 17.7 Å². The Labute approximate surface area is 158 Å². The van der Waals surface area contributed by atoms with E-state index in [9.17, 15) is 4.79 Å². The summed E-state index contributed by atoms with van der Waals surface area (Å²) in [5.74, 6) is 0.269. The van der Waals surface area contributed by atoms with Gasteiger partial charge in [0.15, 0.2) is 16.7 Å². The molecule has 0 atom stereocenters. The molecule has 4 aromatic rings. The molecule has 0 bridgehead atoms. The van der Waals surface area contributed by atoms with Crippen LogP contribution >= 0.6 is 11.8 Å². The minimum Gasteiger partial charge on any atom is -0.476 e. The van der Waals surface area contributed by atoms with E-state index in [1.54, 1.807) is 0 Å². The lowest BCUT2D eigenvalue weighted by atomic mass is 10.2. The van der Waals surface area contributed by atoms with E-state index in [4.69, 9.17) is 9.52 Å². The average Bonchev–Trinajstić information content (AvgIpc) is 3.35. The molecule has 0 amide bonds. The summed E-state index contributed by atoms with van der Waals surface area (Å²) in [6.45, 7) is 0. The molecule has 0 unspecified atom stereocenters. The van der Waals surface area contributed by atoms with Crippen LogP contribution in [0.15, 0.2) is 76.5 Å². The lowest BCUT2D eigenvalue weighted by Crippen LogP contribution is -2.00. The molecule has 0 radical (unpaired) electrons. The summed E-state index contributed by atoms with van der Waals surface area (Å²) >= 11 is 1.38. The van der Waals surface area contributed by atoms with Gasteiger partial charge in [0, 0.05) is 11.3 Å². The molecule has 2 heterocycles. The van der Waals surface area contributed by atoms with E-state index in [-0.39, 0.29) is 5.69 Å². The van der Waals surface area contributed by atoms with E-state index in [1.165, 1.54) is 11.8 Å². The number of thioether (sulfide) groups is 1. The summed E-state index contributed by atoms with van der Waals surface area (Å²) in [7, 11) is 0. The molecule has 134 valence electrons. The molecule has 0 saturated carbocycles. The van der Waals surface area contributed by atoms with Crippen molar-refractivity contribution in [2.75, 3.05) is 0 Å². The Bertz CT molecular complexity index is 1060. The Morgan fingerprint density at radius 1 is 1.04 bits per heavy atom. The largest absolute Gasteiger partial charge is 0.476 e. The lowest BCUT2D eigenvalue weighted by Gasteiger charge is -2.09. The molecule has 0 aliphatic carbocycles. The summed E-state index contributed by atoms with van der Waals surface area (Å²) in [5.41, 5.74) is 1.77. The molecule has 0 aliphatic heterocycles. The van der Waals surface area contributed by atoms with E-state index < -0.39 is 5.97 Å². The van der Waals surface area contributed by atoms with Crippen LogP contribution in [0.3, 0.4) is 0 Å². The van der Waals surface area contributed by atoms with Crippen molar-refractivity contribution in [2.24, 2.45) is 0 Å². The van der Waals surface area contributed by atoms with E-state index in [2.05, 4.69) is 15.2 Å². The Kier molecular flexibility index (Phi) is 4.71. The molecule has 0 fully saturated rings. The van der Waals surface area contributed by atoms with Crippen LogP contribution in [0.25, 0.3) is 17.1 Å². The molecule has 8 heteroatoms. The second kappa shape index (κ2) is 7.46. The van der Waals surface area contributed by atoms with Gasteiger partial charge < -0.3 is 9.52 Å². The second-order valence-corrected chi connectivity index (χ2v) is 6.51. The Balaban J connectivity index is 1.68. The number of carboxylic acids is 1. The number of benzene rings is 2. The van der Waals surface area contributed by atoms with Gasteiger partial charge in [-0.15, -0.1) is 10.2 Å². The molecule has 0 aliphatic rings.